The molecule has 0 saturated carbocycles. The zero-order valence-electron chi connectivity index (χ0n) is 10.4. The van der Waals surface area contributed by atoms with Crippen molar-refractivity contribution >= 4 is 5.69 Å². The second-order valence-corrected chi connectivity index (χ2v) is 3.89. The highest BCUT2D eigenvalue weighted by atomic mass is 15.1. The first-order chi connectivity index (χ1) is 6.52. The number of nitrogens with zero attached hydrogens (tertiary/aromatic N) is 1. The zero-order valence-corrected chi connectivity index (χ0v) is 10.4. The van der Waals surface area contributed by atoms with Crippen LogP contribution in [0.5, 0.6) is 0 Å². The molecule has 0 spiro atoms. The highest BCUT2D eigenvalue weighted by Crippen LogP contribution is 2.18. The molecule has 0 aliphatic heterocycles. The number of hydrogen-bond donors (Lipinski definition) is 0. The summed E-state index contributed by atoms with van der Waals surface area (Å²) in [6.07, 6.45) is 1.25. The minimum absolute atomic E-state index is 1.25. The summed E-state index contributed by atoms with van der Waals surface area (Å²) in [6, 6.07) is 6.50. The molecule has 0 unspecified atom stereocenters. The van der Waals surface area contributed by atoms with E-state index in [0.29, 0.717) is 0 Å². The average Bonchev–Trinajstić information content (AvgIpc) is 2.10. The lowest BCUT2D eigenvalue weighted by atomic mass is 10.1. The third-order valence-corrected chi connectivity index (χ3v) is 1.85. The molecule has 0 aliphatic rings. The largest absolute Gasteiger partial charge is 0.377 e. The van der Waals surface area contributed by atoms with Crippen LogP contribution < -0.4 is 4.90 Å². The van der Waals surface area contributed by atoms with Crippen molar-refractivity contribution in [1.29, 1.82) is 0 Å². The number of anilines is 1. The lowest BCUT2D eigenvalue weighted by Crippen LogP contribution is -2.10. The van der Waals surface area contributed by atoms with Gasteiger partial charge in [-0.05, 0) is 31.0 Å². The van der Waals surface area contributed by atoms with Crippen LogP contribution in [-0.2, 0) is 0 Å². The quantitative estimate of drug-likeness (QED) is 0.656. The molecule has 1 heteroatoms. The SMILES string of the molecule is CCC.Cc1ccc(C)c(N(C)C)c1. The van der Waals surface area contributed by atoms with Gasteiger partial charge in [0.05, 0.1) is 0 Å². The summed E-state index contributed by atoms with van der Waals surface area (Å²) in [5, 5.41) is 0. The van der Waals surface area contributed by atoms with Gasteiger partial charge >= 0.3 is 0 Å². The molecule has 0 aliphatic carbocycles. The van der Waals surface area contributed by atoms with Crippen LogP contribution in [0.25, 0.3) is 0 Å². The van der Waals surface area contributed by atoms with Gasteiger partial charge in [0.2, 0.25) is 0 Å². The molecular formula is C13H23N. The van der Waals surface area contributed by atoms with Crippen LogP contribution in [0, 0.1) is 13.8 Å². The molecule has 0 amide bonds. The van der Waals surface area contributed by atoms with Crippen LogP contribution in [0.1, 0.15) is 31.4 Å². The second kappa shape index (κ2) is 6.47. The van der Waals surface area contributed by atoms with Gasteiger partial charge in [-0.15, -0.1) is 0 Å². The summed E-state index contributed by atoms with van der Waals surface area (Å²) in [5.41, 5.74) is 3.96. The van der Waals surface area contributed by atoms with Crippen LogP contribution >= 0.6 is 0 Å². The van der Waals surface area contributed by atoms with Gasteiger partial charge in [0, 0.05) is 19.8 Å². The standard InChI is InChI=1S/C10H15N.C3H8/c1-8-5-6-9(2)10(7-8)11(3)4;1-3-2/h5-7H,1-4H3;3H2,1-2H3. The van der Waals surface area contributed by atoms with Crippen molar-refractivity contribution in [1.82, 2.24) is 0 Å². The first-order valence-corrected chi connectivity index (χ1v) is 5.27. The molecule has 0 bridgehead atoms. The molecule has 1 rings (SSSR count). The molecule has 14 heavy (non-hydrogen) atoms. The Morgan fingerprint density at radius 1 is 1.07 bits per heavy atom. The fourth-order valence-electron chi connectivity index (χ4n) is 1.20. The topological polar surface area (TPSA) is 3.24 Å². The summed E-state index contributed by atoms with van der Waals surface area (Å²) < 4.78 is 0. The molecule has 0 aromatic heterocycles. The number of hydrogen-bond acceptors (Lipinski definition) is 1. The third-order valence-electron chi connectivity index (χ3n) is 1.85. The van der Waals surface area contributed by atoms with E-state index in [4.69, 9.17) is 0 Å². The Morgan fingerprint density at radius 3 is 1.93 bits per heavy atom. The molecule has 1 nitrogen and oxygen atoms in total. The lowest BCUT2D eigenvalue weighted by Gasteiger charge is -2.15. The predicted octanol–water partition coefficient (Wildman–Crippen LogP) is 3.79. The van der Waals surface area contributed by atoms with Gasteiger partial charge < -0.3 is 4.90 Å². The van der Waals surface area contributed by atoms with Gasteiger partial charge in [-0.1, -0.05) is 32.4 Å². The summed E-state index contributed by atoms with van der Waals surface area (Å²) >= 11 is 0. The van der Waals surface area contributed by atoms with E-state index in [1.165, 1.54) is 23.2 Å². The minimum Gasteiger partial charge on any atom is -0.377 e. The van der Waals surface area contributed by atoms with Crippen LogP contribution in [0.2, 0.25) is 0 Å². The molecule has 0 fully saturated rings. The Bertz CT molecular complexity index is 264. The van der Waals surface area contributed by atoms with Gasteiger partial charge in [-0.2, -0.15) is 0 Å². The van der Waals surface area contributed by atoms with Crippen molar-refractivity contribution in [2.24, 2.45) is 0 Å². The maximum atomic E-state index is 2.20. The fourth-order valence-corrected chi connectivity index (χ4v) is 1.20. The Kier molecular flexibility index (Phi) is 6.02. The zero-order chi connectivity index (χ0) is 11.1. The van der Waals surface area contributed by atoms with Gasteiger partial charge in [0.15, 0.2) is 0 Å². The van der Waals surface area contributed by atoms with Crippen LogP contribution in [0.3, 0.4) is 0 Å². The van der Waals surface area contributed by atoms with E-state index in [1.807, 2.05) is 0 Å². The normalized spacial score (nSPS) is 9.00. The van der Waals surface area contributed by atoms with Crippen molar-refractivity contribution in [3.8, 4) is 0 Å². The van der Waals surface area contributed by atoms with Gasteiger partial charge in [0.1, 0.15) is 0 Å². The highest BCUT2D eigenvalue weighted by Gasteiger charge is 1.98. The first-order valence-electron chi connectivity index (χ1n) is 5.27. The van der Waals surface area contributed by atoms with Gasteiger partial charge in [-0.3, -0.25) is 0 Å². The van der Waals surface area contributed by atoms with Gasteiger partial charge in [0.25, 0.3) is 0 Å². The maximum absolute atomic E-state index is 2.20. The number of aryl methyl sites for hydroxylation is 2. The molecule has 1 aromatic rings. The maximum Gasteiger partial charge on any atom is 0.0393 e. The Hall–Kier alpha value is -0.980. The molecule has 80 valence electrons. The minimum atomic E-state index is 1.25. The van der Waals surface area contributed by atoms with E-state index >= 15 is 0 Å². The molecule has 1 aromatic carbocycles. The average molecular weight is 193 g/mol. The van der Waals surface area contributed by atoms with E-state index < -0.39 is 0 Å². The smallest absolute Gasteiger partial charge is 0.0393 e. The summed E-state index contributed by atoms with van der Waals surface area (Å²) in [4.78, 5) is 2.14. The number of rotatable bonds is 1. The Morgan fingerprint density at radius 2 is 1.57 bits per heavy atom. The predicted molar refractivity (Wildman–Crippen MR) is 66.2 cm³/mol. The third kappa shape index (κ3) is 4.31. The first kappa shape index (κ1) is 13.0. The molecule has 0 atom stereocenters. The molecule has 0 saturated heterocycles. The molecule has 0 heterocycles. The highest BCUT2D eigenvalue weighted by molar-refractivity contribution is 5.53. The summed E-state index contributed by atoms with van der Waals surface area (Å²) in [6.45, 7) is 8.50. The van der Waals surface area contributed by atoms with Crippen LogP contribution in [-0.4, -0.2) is 14.1 Å². The van der Waals surface area contributed by atoms with Crippen molar-refractivity contribution < 1.29 is 0 Å². The molecule has 0 radical (unpaired) electrons. The van der Waals surface area contributed by atoms with Crippen LogP contribution in [0.4, 0.5) is 5.69 Å². The Labute approximate surface area is 88.8 Å². The van der Waals surface area contributed by atoms with E-state index in [9.17, 15) is 0 Å². The van der Waals surface area contributed by atoms with Crippen LogP contribution in [0.15, 0.2) is 18.2 Å². The van der Waals surface area contributed by atoms with E-state index in [-0.39, 0.29) is 0 Å². The Balaban J connectivity index is 0.000000500. The summed E-state index contributed by atoms with van der Waals surface area (Å²) in [7, 11) is 4.14. The fraction of sp³-hybridized carbons (Fsp3) is 0.538. The van der Waals surface area contributed by atoms with Crippen molar-refractivity contribution in [2.75, 3.05) is 19.0 Å². The van der Waals surface area contributed by atoms with Crippen molar-refractivity contribution in [2.45, 2.75) is 34.1 Å². The summed E-state index contributed by atoms with van der Waals surface area (Å²) in [5.74, 6) is 0. The number of benzene rings is 1. The molecule has 0 N–H and O–H groups in total. The lowest BCUT2D eigenvalue weighted by molar-refractivity contribution is 1.09. The second-order valence-electron chi connectivity index (χ2n) is 3.89. The molecular weight excluding hydrogens is 170 g/mol. The van der Waals surface area contributed by atoms with Gasteiger partial charge in [-0.25, -0.2) is 0 Å². The van der Waals surface area contributed by atoms with E-state index in [1.54, 1.807) is 0 Å². The van der Waals surface area contributed by atoms with E-state index in [0.717, 1.165) is 0 Å². The van der Waals surface area contributed by atoms with E-state index in [2.05, 4.69) is 64.9 Å². The van der Waals surface area contributed by atoms with Crippen molar-refractivity contribution in [3.63, 3.8) is 0 Å². The van der Waals surface area contributed by atoms with Crippen molar-refractivity contribution in [3.05, 3.63) is 29.3 Å². The monoisotopic (exact) mass is 193 g/mol.